The average Bonchev–Trinajstić information content (AvgIpc) is 3.30. The average molecular weight is 450 g/mol. The molecule has 5 nitrogen and oxygen atoms in total. The normalized spacial score (nSPS) is 11.1. The Labute approximate surface area is 179 Å². The molecular formula is C19H13Cl2N3O2S2. The van der Waals surface area contributed by atoms with E-state index in [9.17, 15) is 4.79 Å². The topological polar surface area (TPSA) is 68.0 Å². The van der Waals surface area contributed by atoms with Crippen LogP contribution >= 0.6 is 46.3 Å². The second kappa shape index (κ2) is 8.53. The summed E-state index contributed by atoms with van der Waals surface area (Å²) in [5.74, 6) is 0.362. The number of amides is 1. The predicted octanol–water partition coefficient (Wildman–Crippen LogP) is 5.67. The zero-order valence-corrected chi connectivity index (χ0v) is 17.5. The SMILES string of the molecule is O=C(CSc1nnc(-c2sc3ccccc3c2Cl)o1)NCc1ccccc1Cl. The number of thiophene rings is 1. The van der Waals surface area contributed by atoms with Crippen LogP contribution in [0, 0.1) is 0 Å². The number of benzene rings is 2. The zero-order chi connectivity index (χ0) is 19.5. The molecule has 0 saturated carbocycles. The van der Waals surface area contributed by atoms with Crippen molar-refractivity contribution in [3.63, 3.8) is 0 Å². The van der Waals surface area contributed by atoms with E-state index in [1.54, 1.807) is 6.07 Å². The summed E-state index contributed by atoms with van der Waals surface area (Å²) in [7, 11) is 0. The first kappa shape index (κ1) is 19.3. The number of hydrogen-bond acceptors (Lipinski definition) is 6. The largest absolute Gasteiger partial charge is 0.410 e. The van der Waals surface area contributed by atoms with Gasteiger partial charge in [-0.05, 0) is 17.7 Å². The fraction of sp³-hybridized carbons (Fsp3) is 0.105. The lowest BCUT2D eigenvalue weighted by Gasteiger charge is -2.05. The molecule has 142 valence electrons. The standard InChI is InChI=1S/C19H13Cl2N3O2S2/c20-13-7-3-1-5-11(13)9-22-15(25)10-27-19-24-23-18(26-19)17-16(21)12-6-2-4-8-14(12)28-17/h1-8H,9-10H2,(H,22,25). The molecular weight excluding hydrogens is 437 g/mol. The first-order valence-corrected chi connectivity index (χ1v) is 10.8. The molecule has 2 heterocycles. The van der Waals surface area contributed by atoms with Gasteiger partial charge in [0.2, 0.25) is 5.91 Å². The van der Waals surface area contributed by atoms with E-state index in [1.165, 1.54) is 23.1 Å². The summed E-state index contributed by atoms with van der Waals surface area (Å²) >= 11 is 15.2. The molecule has 0 spiro atoms. The number of nitrogens with one attached hydrogen (secondary N) is 1. The summed E-state index contributed by atoms with van der Waals surface area (Å²) in [6, 6.07) is 15.2. The summed E-state index contributed by atoms with van der Waals surface area (Å²) in [4.78, 5) is 12.8. The fourth-order valence-corrected chi connectivity index (χ4v) is 4.75. The third-order valence-electron chi connectivity index (χ3n) is 3.90. The highest BCUT2D eigenvalue weighted by Gasteiger charge is 2.18. The van der Waals surface area contributed by atoms with E-state index in [-0.39, 0.29) is 11.7 Å². The number of carbonyl (C=O) groups excluding carboxylic acids is 1. The van der Waals surface area contributed by atoms with Gasteiger partial charge >= 0.3 is 0 Å². The van der Waals surface area contributed by atoms with E-state index >= 15 is 0 Å². The second-order valence-electron chi connectivity index (χ2n) is 5.77. The van der Waals surface area contributed by atoms with Crippen LogP contribution in [0.4, 0.5) is 0 Å². The first-order valence-electron chi connectivity index (χ1n) is 8.25. The van der Waals surface area contributed by atoms with Crippen LogP contribution in [0.5, 0.6) is 0 Å². The van der Waals surface area contributed by atoms with Gasteiger partial charge in [0, 0.05) is 21.7 Å². The van der Waals surface area contributed by atoms with E-state index in [2.05, 4.69) is 15.5 Å². The maximum Gasteiger partial charge on any atom is 0.277 e. The van der Waals surface area contributed by atoms with E-state index in [4.69, 9.17) is 27.6 Å². The van der Waals surface area contributed by atoms with Crippen LogP contribution in [0.25, 0.3) is 20.9 Å². The van der Waals surface area contributed by atoms with Crippen LogP contribution in [0.15, 0.2) is 58.2 Å². The highest BCUT2D eigenvalue weighted by atomic mass is 35.5. The van der Waals surface area contributed by atoms with Crippen LogP contribution in [0.1, 0.15) is 5.56 Å². The molecule has 0 fully saturated rings. The van der Waals surface area contributed by atoms with E-state index < -0.39 is 0 Å². The summed E-state index contributed by atoms with van der Waals surface area (Å²) in [5.41, 5.74) is 0.863. The highest BCUT2D eigenvalue weighted by Crippen LogP contribution is 2.41. The van der Waals surface area contributed by atoms with Gasteiger partial charge < -0.3 is 9.73 Å². The summed E-state index contributed by atoms with van der Waals surface area (Å²) in [6.45, 7) is 0.367. The van der Waals surface area contributed by atoms with Gasteiger partial charge in [-0.25, -0.2) is 0 Å². The lowest BCUT2D eigenvalue weighted by molar-refractivity contribution is -0.118. The molecule has 1 N–H and O–H groups in total. The minimum absolute atomic E-state index is 0.149. The fourth-order valence-electron chi connectivity index (χ4n) is 2.53. The van der Waals surface area contributed by atoms with Crippen molar-refractivity contribution in [2.45, 2.75) is 11.8 Å². The Morgan fingerprint density at radius 2 is 1.89 bits per heavy atom. The Kier molecular flexibility index (Phi) is 5.87. The number of nitrogens with zero attached hydrogens (tertiary/aromatic N) is 2. The second-order valence-corrected chi connectivity index (χ2v) is 8.54. The molecule has 1 amide bonds. The first-order chi connectivity index (χ1) is 13.6. The van der Waals surface area contributed by atoms with Crippen LogP contribution in [-0.2, 0) is 11.3 Å². The molecule has 0 radical (unpaired) electrons. The Morgan fingerprint density at radius 1 is 1.11 bits per heavy atom. The van der Waals surface area contributed by atoms with Gasteiger partial charge in [0.1, 0.15) is 4.88 Å². The maximum atomic E-state index is 12.1. The molecule has 0 atom stereocenters. The number of rotatable bonds is 6. The lowest BCUT2D eigenvalue weighted by Crippen LogP contribution is -2.24. The molecule has 0 saturated heterocycles. The van der Waals surface area contributed by atoms with Crippen LogP contribution in [0.2, 0.25) is 10.0 Å². The molecule has 0 aliphatic heterocycles. The number of hydrogen-bond donors (Lipinski definition) is 1. The van der Waals surface area contributed by atoms with Gasteiger partial charge in [-0.1, -0.05) is 71.4 Å². The molecule has 2 aromatic carbocycles. The van der Waals surface area contributed by atoms with E-state index in [1.807, 2.05) is 42.5 Å². The molecule has 2 aromatic heterocycles. The van der Waals surface area contributed by atoms with Crippen molar-refractivity contribution in [2.75, 3.05) is 5.75 Å². The molecule has 9 heteroatoms. The Morgan fingerprint density at radius 3 is 2.71 bits per heavy atom. The maximum absolute atomic E-state index is 12.1. The van der Waals surface area contributed by atoms with Gasteiger partial charge in [-0.15, -0.1) is 21.5 Å². The van der Waals surface area contributed by atoms with Crippen molar-refractivity contribution in [1.82, 2.24) is 15.5 Å². The number of fused-ring (bicyclic) bond motifs is 1. The molecule has 0 unspecified atom stereocenters. The van der Waals surface area contributed by atoms with Crippen molar-refractivity contribution >= 4 is 62.3 Å². The Balaban J connectivity index is 1.37. The molecule has 0 bridgehead atoms. The molecule has 28 heavy (non-hydrogen) atoms. The monoisotopic (exact) mass is 449 g/mol. The number of aromatic nitrogens is 2. The van der Waals surface area contributed by atoms with Gasteiger partial charge in [-0.2, -0.15) is 0 Å². The molecule has 4 aromatic rings. The minimum Gasteiger partial charge on any atom is -0.410 e. The molecule has 0 aliphatic rings. The number of thioether (sulfide) groups is 1. The van der Waals surface area contributed by atoms with Crippen molar-refractivity contribution in [3.05, 3.63) is 64.1 Å². The zero-order valence-electron chi connectivity index (χ0n) is 14.3. The molecule has 0 aliphatic carbocycles. The summed E-state index contributed by atoms with van der Waals surface area (Å²) in [5, 5.41) is 13.4. The van der Waals surface area contributed by atoms with Gasteiger partial charge in [-0.3, -0.25) is 4.79 Å². The third kappa shape index (κ3) is 4.17. The van der Waals surface area contributed by atoms with Crippen LogP contribution in [0.3, 0.4) is 0 Å². The van der Waals surface area contributed by atoms with E-state index in [0.717, 1.165) is 20.5 Å². The van der Waals surface area contributed by atoms with Gasteiger partial charge in [0.05, 0.1) is 10.8 Å². The third-order valence-corrected chi connectivity index (χ3v) is 6.75. The highest BCUT2D eigenvalue weighted by molar-refractivity contribution is 7.99. The summed E-state index contributed by atoms with van der Waals surface area (Å²) < 4.78 is 6.73. The lowest BCUT2D eigenvalue weighted by atomic mass is 10.2. The van der Waals surface area contributed by atoms with E-state index in [0.29, 0.717) is 27.7 Å². The van der Waals surface area contributed by atoms with Gasteiger partial charge in [0.15, 0.2) is 0 Å². The van der Waals surface area contributed by atoms with Crippen molar-refractivity contribution in [1.29, 1.82) is 0 Å². The minimum atomic E-state index is -0.149. The smallest absolute Gasteiger partial charge is 0.277 e. The van der Waals surface area contributed by atoms with Gasteiger partial charge in [0.25, 0.3) is 11.1 Å². The Bertz CT molecular complexity index is 1140. The number of carbonyl (C=O) groups is 1. The van der Waals surface area contributed by atoms with Crippen molar-refractivity contribution in [3.8, 4) is 10.8 Å². The quantitative estimate of drug-likeness (QED) is 0.384. The van der Waals surface area contributed by atoms with Crippen molar-refractivity contribution in [2.24, 2.45) is 0 Å². The van der Waals surface area contributed by atoms with Crippen LogP contribution < -0.4 is 5.32 Å². The van der Waals surface area contributed by atoms with Crippen LogP contribution in [-0.4, -0.2) is 21.9 Å². The molecule has 4 rings (SSSR count). The Hall–Kier alpha value is -2.06. The summed E-state index contributed by atoms with van der Waals surface area (Å²) in [6.07, 6.45) is 0. The predicted molar refractivity (Wildman–Crippen MR) is 114 cm³/mol. The number of halogens is 2. The van der Waals surface area contributed by atoms with Crippen molar-refractivity contribution < 1.29 is 9.21 Å².